The summed E-state index contributed by atoms with van der Waals surface area (Å²) in [6.07, 6.45) is -3.11. The standard InChI is InChI=1S/C12H20BrF3N4O/c1-4-6-9(12(14,15)16)8(7-13)10(5-2)20(18)11(21)19(3)17/h6H,4-5,7,17-18H2,1-3H3/b9-6+,10-8+. The first-order valence-corrected chi connectivity index (χ1v) is 7.36. The normalized spacial score (nSPS) is 13.9. The largest absolute Gasteiger partial charge is 0.416 e. The van der Waals surface area contributed by atoms with Crippen LogP contribution in [0.5, 0.6) is 0 Å². The van der Waals surface area contributed by atoms with Crippen LogP contribution in [0.2, 0.25) is 0 Å². The smallest absolute Gasteiger partial charge is 0.264 e. The van der Waals surface area contributed by atoms with Crippen molar-refractivity contribution in [3.63, 3.8) is 0 Å². The van der Waals surface area contributed by atoms with Gasteiger partial charge in [-0.05, 0) is 18.4 Å². The van der Waals surface area contributed by atoms with Gasteiger partial charge in [-0.1, -0.05) is 35.9 Å². The van der Waals surface area contributed by atoms with Crippen molar-refractivity contribution in [2.24, 2.45) is 11.7 Å². The van der Waals surface area contributed by atoms with Gasteiger partial charge in [0.25, 0.3) is 0 Å². The predicted octanol–water partition coefficient (Wildman–Crippen LogP) is 3.05. The van der Waals surface area contributed by atoms with E-state index in [1.165, 1.54) is 7.05 Å². The van der Waals surface area contributed by atoms with Crippen LogP contribution in [0.25, 0.3) is 0 Å². The van der Waals surface area contributed by atoms with E-state index in [9.17, 15) is 18.0 Å². The number of nitrogens with zero attached hydrogens (tertiary/aromatic N) is 2. The summed E-state index contributed by atoms with van der Waals surface area (Å²) in [5.74, 6) is 10.9. The molecular weight excluding hydrogens is 353 g/mol. The van der Waals surface area contributed by atoms with Gasteiger partial charge in [-0.2, -0.15) is 13.2 Å². The van der Waals surface area contributed by atoms with Crippen molar-refractivity contribution in [2.75, 3.05) is 12.4 Å². The van der Waals surface area contributed by atoms with Gasteiger partial charge in [0.1, 0.15) is 0 Å². The zero-order chi connectivity index (χ0) is 16.8. The van der Waals surface area contributed by atoms with E-state index in [2.05, 4.69) is 15.9 Å². The highest BCUT2D eigenvalue weighted by atomic mass is 79.9. The SMILES string of the molecule is CC/C=C(\C(CBr)=C(/CC)N(N)C(=O)N(C)N)C(F)(F)F. The van der Waals surface area contributed by atoms with Crippen LogP contribution in [-0.2, 0) is 0 Å². The molecule has 0 aliphatic carbocycles. The number of nitrogens with two attached hydrogens (primary N) is 2. The first-order chi connectivity index (χ1) is 9.61. The van der Waals surface area contributed by atoms with Crippen molar-refractivity contribution in [1.29, 1.82) is 0 Å². The Labute approximate surface area is 130 Å². The average Bonchev–Trinajstić information content (AvgIpc) is 2.39. The molecule has 0 aromatic heterocycles. The second-order valence-corrected chi connectivity index (χ2v) is 4.76. The quantitative estimate of drug-likeness (QED) is 0.256. The van der Waals surface area contributed by atoms with Gasteiger partial charge in [0.05, 0.1) is 5.57 Å². The lowest BCUT2D eigenvalue weighted by Crippen LogP contribution is -2.48. The van der Waals surface area contributed by atoms with E-state index in [0.29, 0.717) is 10.0 Å². The van der Waals surface area contributed by atoms with Gasteiger partial charge >= 0.3 is 12.2 Å². The van der Waals surface area contributed by atoms with Crippen molar-refractivity contribution < 1.29 is 18.0 Å². The maximum absolute atomic E-state index is 13.2. The molecule has 0 heterocycles. The van der Waals surface area contributed by atoms with Crippen molar-refractivity contribution >= 4 is 22.0 Å². The Bertz CT molecular complexity index is 433. The van der Waals surface area contributed by atoms with E-state index in [-0.39, 0.29) is 29.4 Å². The number of rotatable bonds is 5. The first kappa shape index (κ1) is 19.9. The number of hydrogen-bond donors (Lipinski definition) is 2. The van der Waals surface area contributed by atoms with Crippen LogP contribution < -0.4 is 11.7 Å². The van der Waals surface area contributed by atoms with E-state index in [1.54, 1.807) is 13.8 Å². The number of urea groups is 1. The molecule has 4 N–H and O–H groups in total. The zero-order valence-corrected chi connectivity index (χ0v) is 13.8. The molecule has 0 saturated carbocycles. The number of carbonyl (C=O) groups excluding carboxylic acids is 1. The van der Waals surface area contributed by atoms with Crippen LogP contribution in [0, 0.1) is 0 Å². The van der Waals surface area contributed by atoms with Crippen molar-refractivity contribution in [1.82, 2.24) is 10.0 Å². The Morgan fingerprint density at radius 2 is 1.81 bits per heavy atom. The average molecular weight is 373 g/mol. The van der Waals surface area contributed by atoms with Gasteiger partial charge in [-0.15, -0.1) is 0 Å². The molecule has 0 aliphatic rings. The third-order valence-electron chi connectivity index (χ3n) is 2.65. The van der Waals surface area contributed by atoms with Gasteiger partial charge in [-0.25, -0.2) is 21.5 Å². The molecule has 0 fully saturated rings. The van der Waals surface area contributed by atoms with E-state index in [4.69, 9.17) is 11.7 Å². The Balaban J connectivity index is 6.00. The molecule has 122 valence electrons. The molecule has 0 saturated heterocycles. The van der Waals surface area contributed by atoms with Crippen LogP contribution in [0.4, 0.5) is 18.0 Å². The summed E-state index contributed by atoms with van der Waals surface area (Å²) in [5.41, 5.74) is -0.822. The summed E-state index contributed by atoms with van der Waals surface area (Å²) in [4.78, 5) is 11.7. The molecule has 9 heteroatoms. The van der Waals surface area contributed by atoms with E-state index >= 15 is 0 Å². The Hall–Kier alpha value is -1.06. The highest BCUT2D eigenvalue weighted by Crippen LogP contribution is 2.35. The van der Waals surface area contributed by atoms with E-state index < -0.39 is 17.8 Å². The summed E-state index contributed by atoms with van der Waals surface area (Å²) in [6, 6.07) is -0.802. The van der Waals surface area contributed by atoms with Crippen molar-refractivity contribution in [2.45, 2.75) is 32.9 Å². The summed E-state index contributed by atoms with van der Waals surface area (Å²) >= 11 is 3.04. The molecule has 0 aromatic carbocycles. The van der Waals surface area contributed by atoms with Gasteiger partial charge in [0.15, 0.2) is 0 Å². The molecule has 0 atom stereocenters. The van der Waals surface area contributed by atoms with E-state index in [0.717, 1.165) is 6.08 Å². The van der Waals surface area contributed by atoms with Gasteiger partial charge < -0.3 is 0 Å². The van der Waals surface area contributed by atoms with E-state index in [1.807, 2.05) is 0 Å². The molecule has 0 bridgehead atoms. The van der Waals surface area contributed by atoms with Crippen LogP contribution in [0.3, 0.4) is 0 Å². The number of allylic oxidation sites excluding steroid dienone is 4. The summed E-state index contributed by atoms with van der Waals surface area (Å²) < 4.78 is 39.5. The number of halogens is 4. The number of alkyl halides is 4. The number of carbonyl (C=O) groups is 1. The minimum absolute atomic E-state index is 0.0613. The van der Waals surface area contributed by atoms with Crippen LogP contribution in [0.1, 0.15) is 26.7 Å². The minimum atomic E-state index is -4.53. The summed E-state index contributed by atoms with van der Waals surface area (Å²) in [5, 5.41) is 1.26. The molecule has 0 aromatic rings. The maximum atomic E-state index is 13.2. The Morgan fingerprint density at radius 1 is 1.29 bits per heavy atom. The van der Waals surface area contributed by atoms with Crippen molar-refractivity contribution in [3.8, 4) is 0 Å². The molecule has 0 spiro atoms. The predicted molar refractivity (Wildman–Crippen MR) is 78.9 cm³/mol. The fourth-order valence-corrected chi connectivity index (χ4v) is 2.36. The fourth-order valence-electron chi connectivity index (χ4n) is 1.73. The molecule has 0 unspecified atom stereocenters. The molecule has 21 heavy (non-hydrogen) atoms. The fraction of sp³-hybridized carbons (Fsp3) is 0.583. The summed E-state index contributed by atoms with van der Waals surface area (Å²) in [7, 11) is 1.26. The molecule has 0 radical (unpaired) electrons. The number of amides is 2. The molecule has 2 amide bonds. The molecule has 5 nitrogen and oxygen atoms in total. The molecule has 0 rings (SSSR count). The summed E-state index contributed by atoms with van der Waals surface area (Å²) in [6.45, 7) is 3.21. The second-order valence-electron chi connectivity index (χ2n) is 4.20. The zero-order valence-electron chi connectivity index (χ0n) is 12.2. The first-order valence-electron chi connectivity index (χ1n) is 6.24. The lowest BCUT2D eigenvalue weighted by atomic mass is 10.0. The number of hydrogen-bond acceptors (Lipinski definition) is 3. The Morgan fingerprint density at radius 3 is 2.10 bits per heavy atom. The topological polar surface area (TPSA) is 75.6 Å². The third-order valence-corrected chi connectivity index (χ3v) is 3.21. The maximum Gasteiger partial charge on any atom is 0.416 e. The highest BCUT2D eigenvalue weighted by Gasteiger charge is 2.37. The van der Waals surface area contributed by atoms with Crippen LogP contribution in [-0.4, -0.2) is 34.6 Å². The lowest BCUT2D eigenvalue weighted by Gasteiger charge is -2.26. The van der Waals surface area contributed by atoms with Gasteiger partial charge in [-0.3, -0.25) is 5.01 Å². The van der Waals surface area contributed by atoms with Gasteiger partial charge in [0, 0.05) is 18.1 Å². The van der Waals surface area contributed by atoms with Crippen LogP contribution in [0.15, 0.2) is 22.9 Å². The minimum Gasteiger partial charge on any atom is -0.264 e. The highest BCUT2D eigenvalue weighted by molar-refractivity contribution is 9.09. The lowest BCUT2D eigenvalue weighted by molar-refractivity contribution is -0.0897. The second kappa shape index (κ2) is 8.40. The molecular formula is C12H20BrF3N4O. The van der Waals surface area contributed by atoms with Crippen LogP contribution >= 0.6 is 15.9 Å². The molecule has 0 aliphatic heterocycles. The van der Waals surface area contributed by atoms with Crippen molar-refractivity contribution in [3.05, 3.63) is 22.9 Å². The van der Waals surface area contributed by atoms with Gasteiger partial charge in [0.2, 0.25) is 0 Å². The Kier molecular flexibility index (Phi) is 7.98. The third kappa shape index (κ3) is 5.33. The number of hydrazine groups is 2. The monoisotopic (exact) mass is 372 g/mol.